The first-order chi connectivity index (χ1) is 65.8. The molecule has 0 saturated carbocycles. The molecule has 27 aromatic rings. The summed E-state index contributed by atoms with van der Waals surface area (Å²) >= 11 is 0. The van der Waals surface area contributed by atoms with Crippen molar-refractivity contribution < 1.29 is 0 Å². The number of aromatic nitrogens is 2. The number of rotatable bonds is 9. The van der Waals surface area contributed by atoms with Crippen LogP contribution in [0.15, 0.2) is 449 Å². The molecule has 0 aliphatic rings. The molecule has 630 valence electrons. The monoisotopic (exact) mass is 1700 g/mol. The van der Waals surface area contributed by atoms with Gasteiger partial charge in [0.15, 0.2) is 0 Å². The molecule has 0 N–H and O–H groups in total. The Hall–Kier alpha value is -16.5. The van der Waals surface area contributed by atoms with E-state index in [0.717, 1.165) is 5.69 Å². The lowest BCUT2D eigenvalue weighted by atomic mass is 9.73. The third-order valence-corrected chi connectivity index (χ3v) is 28.9. The maximum atomic E-state index is 2.64. The molecular weight excluding hydrogens is 1610 g/mol. The number of nitrogens with zero attached hydrogens (tertiary/aromatic N) is 2. The first-order valence-corrected chi connectivity index (χ1v) is 47.1. The molecule has 134 heavy (non-hydrogen) atoms. The van der Waals surface area contributed by atoms with Gasteiger partial charge >= 0.3 is 0 Å². The molecule has 25 aromatic carbocycles. The van der Waals surface area contributed by atoms with Crippen LogP contribution in [-0.2, 0) is 10.8 Å². The maximum absolute atomic E-state index is 2.64. The second kappa shape index (κ2) is 30.6. The smallest absolute Gasteiger partial charge is 0.0626 e. The van der Waals surface area contributed by atoms with Gasteiger partial charge in [-0.15, -0.1) is 0 Å². The van der Waals surface area contributed by atoms with E-state index in [-0.39, 0.29) is 10.8 Å². The number of benzene rings is 25. The van der Waals surface area contributed by atoms with Gasteiger partial charge < -0.3 is 9.13 Å². The third kappa shape index (κ3) is 12.2. The Balaban J connectivity index is 0.000000141. The molecule has 0 atom stereocenters. The Bertz CT molecular complexity index is 9520. The van der Waals surface area contributed by atoms with Crippen LogP contribution in [0.5, 0.6) is 0 Å². The second-order valence-electron chi connectivity index (χ2n) is 38.7. The maximum Gasteiger partial charge on any atom is 0.0626 e. The molecule has 2 nitrogen and oxygen atoms in total. The zero-order valence-corrected chi connectivity index (χ0v) is 75.6. The Kier molecular flexibility index (Phi) is 17.9. The molecule has 0 spiro atoms. The molecule has 2 heterocycles. The summed E-state index contributed by atoms with van der Waals surface area (Å²) in [7, 11) is 0. The quantitative estimate of drug-likeness (QED) is 0.101. The average Bonchev–Trinajstić information content (AvgIpc) is 1.48. The topological polar surface area (TPSA) is 9.86 Å². The molecule has 0 bridgehead atoms. The van der Waals surface area contributed by atoms with E-state index in [1.165, 1.54) is 268 Å². The first-order valence-electron chi connectivity index (χ1n) is 47.1. The highest BCUT2D eigenvalue weighted by Gasteiger charge is 2.33. The lowest BCUT2D eigenvalue weighted by Crippen LogP contribution is -2.17. The van der Waals surface area contributed by atoms with Crippen molar-refractivity contribution in [2.75, 3.05) is 0 Å². The molecule has 2 heteroatoms. The molecule has 0 radical (unpaired) electrons. The molecule has 0 amide bonds. The summed E-state index contributed by atoms with van der Waals surface area (Å²) in [5.74, 6) is 0. The van der Waals surface area contributed by atoms with Crippen LogP contribution in [0, 0.1) is 0 Å². The summed E-state index contributed by atoms with van der Waals surface area (Å²) in [5.41, 5.74) is 24.4. The van der Waals surface area contributed by atoms with Gasteiger partial charge in [-0.25, -0.2) is 0 Å². The lowest BCUT2D eigenvalue weighted by Gasteiger charge is -2.30. The summed E-state index contributed by atoms with van der Waals surface area (Å²) < 4.78 is 5.20. The van der Waals surface area contributed by atoms with Crippen LogP contribution in [0.2, 0.25) is 0 Å². The molecule has 27 rings (SSSR count). The first kappa shape index (κ1) is 78.5. The van der Waals surface area contributed by atoms with Gasteiger partial charge in [0.05, 0.1) is 28.1 Å². The molecular formula is C132H92N2. The summed E-state index contributed by atoms with van der Waals surface area (Å²) in [6.07, 6.45) is 0. The fraction of sp³-hybridized carbons (Fsp3) is 0.0606. The highest BCUT2D eigenvalue weighted by Crippen LogP contribution is 2.57. The van der Waals surface area contributed by atoms with Crippen LogP contribution in [-0.4, -0.2) is 9.13 Å². The van der Waals surface area contributed by atoms with Gasteiger partial charge in [-0.2, -0.15) is 0 Å². The molecule has 0 aliphatic heterocycles. The zero-order valence-electron chi connectivity index (χ0n) is 75.6. The molecule has 0 saturated heterocycles. The highest BCUT2D eigenvalue weighted by molar-refractivity contribution is 6.39. The summed E-state index contributed by atoms with van der Waals surface area (Å²) in [5, 5.41) is 38.2. The van der Waals surface area contributed by atoms with Crippen LogP contribution in [0.3, 0.4) is 0 Å². The van der Waals surface area contributed by atoms with Crippen molar-refractivity contribution >= 4 is 173 Å². The summed E-state index contributed by atoms with van der Waals surface area (Å²) in [6, 6.07) is 168. The highest BCUT2D eigenvalue weighted by atomic mass is 15.0. The van der Waals surface area contributed by atoms with E-state index in [1.54, 1.807) is 0 Å². The van der Waals surface area contributed by atoms with Crippen molar-refractivity contribution in [1.29, 1.82) is 0 Å². The van der Waals surface area contributed by atoms with Crippen molar-refractivity contribution in [1.82, 2.24) is 9.13 Å². The van der Waals surface area contributed by atoms with Gasteiger partial charge in [0, 0.05) is 54.5 Å². The average molecular weight is 1710 g/mol. The number of hydrogen-bond acceptors (Lipinski definition) is 0. The minimum atomic E-state index is -0.0910. The number of fused-ring (bicyclic) bond motifs is 22. The van der Waals surface area contributed by atoms with Crippen molar-refractivity contribution in [3.05, 3.63) is 460 Å². The van der Waals surface area contributed by atoms with E-state index < -0.39 is 0 Å². The minimum Gasteiger partial charge on any atom is -0.308 e. The van der Waals surface area contributed by atoms with Gasteiger partial charge in [-0.3, -0.25) is 0 Å². The molecule has 2 aromatic heterocycles. The molecule has 0 aliphatic carbocycles. The predicted octanol–water partition coefficient (Wildman–Crippen LogP) is 37.1. The summed E-state index contributed by atoms with van der Waals surface area (Å²) in [4.78, 5) is 0. The summed E-state index contributed by atoms with van der Waals surface area (Å²) in [6.45, 7) is 14.2. The van der Waals surface area contributed by atoms with E-state index in [4.69, 9.17) is 0 Å². The van der Waals surface area contributed by atoms with Crippen LogP contribution in [0.4, 0.5) is 0 Å². The van der Waals surface area contributed by atoms with Gasteiger partial charge in [-0.1, -0.05) is 442 Å². The van der Waals surface area contributed by atoms with E-state index >= 15 is 0 Å². The minimum absolute atomic E-state index is 0.0568. The van der Waals surface area contributed by atoms with Crippen molar-refractivity contribution in [3.8, 4) is 89.5 Å². The zero-order chi connectivity index (χ0) is 89.3. The van der Waals surface area contributed by atoms with Crippen LogP contribution in [0.1, 0.15) is 52.7 Å². The van der Waals surface area contributed by atoms with Crippen molar-refractivity contribution in [3.63, 3.8) is 0 Å². The van der Waals surface area contributed by atoms with E-state index in [1.807, 2.05) is 0 Å². The normalized spacial score (nSPS) is 12.3. The second-order valence-corrected chi connectivity index (χ2v) is 38.7. The van der Waals surface area contributed by atoms with Gasteiger partial charge in [0.2, 0.25) is 0 Å². The standard InChI is InChI=1S/C70H53N.C62H39N/c1-69(2,3)65-51-29-16-17-30-52(51)66(70(4,5)6)58-40-47(35-37-53(58)65)56-41-57-49-27-14-18-31-54(49)68-64(63(57)50-28-15-13-26-48(50)56)62(42-20-9-7-10-21-42)67(46-22-11-8-12-23-46)71(68)59-39-36-45-33-32-43-24-19-25-44-34-38-55(59)61(45)60(43)44;1-3-18-42(19-4-1)58-60-59-53-29-15-13-27-51(53)56(46-32-31-40-17-7-8-22-44(40)37-46)39-57(59)52-28-14-16-30-54(52)62(60)63(61(58)43-20-5-2-6-21-43)47-35-33-41(34-36-47)55-38-45-23-9-10-24-48(45)49-25-11-12-26-50(49)55/h7-41H,1-6H3;1-39H. The fourth-order valence-electron chi connectivity index (χ4n) is 23.5. The van der Waals surface area contributed by atoms with Crippen molar-refractivity contribution in [2.24, 2.45) is 0 Å². The Morgan fingerprint density at radius 2 is 0.507 bits per heavy atom. The van der Waals surface area contributed by atoms with Gasteiger partial charge in [-0.05, 0) is 250 Å². The van der Waals surface area contributed by atoms with Gasteiger partial charge in [0.1, 0.15) is 0 Å². The fourth-order valence-corrected chi connectivity index (χ4v) is 23.5. The van der Waals surface area contributed by atoms with E-state index in [9.17, 15) is 0 Å². The van der Waals surface area contributed by atoms with Gasteiger partial charge in [0.25, 0.3) is 0 Å². The van der Waals surface area contributed by atoms with Crippen molar-refractivity contribution in [2.45, 2.75) is 52.4 Å². The van der Waals surface area contributed by atoms with E-state index in [0.29, 0.717) is 0 Å². The van der Waals surface area contributed by atoms with Crippen LogP contribution >= 0.6 is 0 Å². The van der Waals surface area contributed by atoms with Crippen LogP contribution in [0.25, 0.3) is 262 Å². The largest absolute Gasteiger partial charge is 0.308 e. The Morgan fingerprint density at radius 3 is 1.04 bits per heavy atom. The van der Waals surface area contributed by atoms with Crippen LogP contribution < -0.4 is 0 Å². The SMILES string of the molecule is CC(C)(C)c1c2ccccc2c(C(C)(C)C)c2cc(-c3cc4c5ccccc5c5c(c(-c6ccccc6)c(-c6ccccc6)n5-c5ccc6ccc7cccc8ccc5c6c78)c4c4ccccc34)ccc12.c1ccc(-c2c(-c3ccccc3)n(-c3ccc(-c4cc5ccccc5c5ccccc45)cc3)c3c4ccccc4c4cc(-c5ccc6ccccc6c5)c5ccccc5c4c23)cc1. The molecule has 0 unspecified atom stereocenters. The Morgan fingerprint density at radius 1 is 0.164 bits per heavy atom. The lowest BCUT2D eigenvalue weighted by molar-refractivity contribution is 0.593. The predicted molar refractivity (Wildman–Crippen MR) is 578 cm³/mol. The number of hydrogen-bond donors (Lipinski definition) is 0. The Labute approximate surface area is 778 Å². The van der Waals surface area contributed by atoms with E-state index in [2.05, 4.69) is 500 Å². The third-order valence-electron chi connectivity index (χ3n) is 28.9. The molecule has 0 fully saturated rings.